The lowest BCUT2D eigenvalue weighted by Crippen LogP contribution is -2.45. The number of aromatic nitrogens is 3. The molecule has 0 spiro atoms. The van der Waals surface area contributed by atoms with E-state index in [0.29, 0.717) is 31.9 Å². The average Bonchev–Trinajstić information content (AvgIpc) is 3.62. The fourth-order valence-electron chi connectivity index (χ4n) is 4.64. The van der Waals surface area contributed by atoms with E-state index >= 15 is 0 Å². The SMILES string of the molecule is O=C(N1Cc2cn(S(=O)(=O)c3ccc4ncsc4c3)nc2C1)[C@]1(c2ccccc2)CCOC1. The second kappa shape index (κ2) is 7.47. The monoisotopic (exact) mass is 480 g/mol. The summed E-state index contributed by atoms with van der Waals surface area (Å²) in [4.78, 5) is 19.7. The molecule has 0 saturated carbocycles. The lowest BCUT2D eigenvalue weighted by atomic mass is 9.78. The topological polar surface area (TPSA) is 94.4 Å². The van der Waals surface area contributed by atoms with E-state index in [2.05, 4.69) is 10.1 Å². The third-order valence-corrected chi connectivity index (χ3v) is 8.77. The molecule has 1 amide bonds. The zero-order valence-electron chi connectivity index (χ0n) is 17.5. The molecule has 0 aliphatic carbocycles. The molecule has 8 nitrogen and oxygen atoms in total. The van der Waals surface area contributed by atoms with Crippen molar-refractivity contribution in [1.82, 2.24) is 19.1 Å². The van der Waals surface area contributed by atoms with E-state index in [-0.39, 0.29) is 17.3 Å². The van der Waals surface area contributed by atoms with Crippen LogP contribution in [0.1, 0.15) is 23.2 Å². The predicted molar refractivity (Wildman–Crippen MR) is 122 cm³/mol. The Morgan fingerprint density at radius 1 is 1.12 bits per heavy atom. The number of thiazole rings is 1. The minimum Gasteiger partial charge on any atom is -0.380 e. The number of nitrogens with zero attached hydrogens (tertiary/aromatic N) is 4. The molecule has 0 N–H and O–H groups in total. The number of benzene rings is 2. The maximum Gasteiger partial charge on any atom is 0.283 e. The zero-order chi connectivity index (χ0) is 22.6. The van der Waals surface area contributed by atoms with Gasteiger partial charge in [-0.3, -0.25) is 4.79 Å². The number of amides is 1. The molecule has 33 heavy (non-hydrogen) atoms. The number of carbonyl (C=O) groups is 1. The van der Waals surface area contributed by atoms with Gasteiger partial charge in [0.25, 0.3) is 10.0 Å². The molecule has 2 aromatic heterocycles. The number of hydrogen-bond donors (Lipinski definition) is 0. The highest BCUT2D eigenvalue weighted by atomic mass is 32.2. The molecule has 1 atom stereocenters. The Morgan fingerprint density at radius 3 is 2.73 bits per heavy atom. The van der Waals surface area contributed by atoms with Crippen molar-refractivity contribution in [2.75, 3.05) is 13.2 Å². The molecular formula is C23H20N4O4S2. The molecule has 10 heteroatoms. The van der Waals surface area contributed by atoms with Gasteiger partial charge in [0.2, 0.25) is 5.91 Å². The van der Waals surface area contributed by atoms with Gasteiger partial charge in [-0.2, -0.15) is 17.6 Å². The maximum absolute atomic E-state index is 13.6. The number of ether oxygens (including phenoxy) is 1. The van der Waals surface area contributed by atoms with E-state index in [1.807, 2.05) is 30.3 Å². The van der Waals surface area contributed by atoms with E-state index in [1.54, 1.807) is 28.6 Å². The Bertz CT molecular complexity index is 1450. The van der Waals surface area contributed by atoms with Crippen molar-refractivity contribution in [3.8, 4) is 0 Å². The lowest BCUT2D eigenvalue weighted by Gasteiger charge is -2.31. The van der Waals surface area contributed by atoms with Gasteiger partial charge in [-0.05, 0) is 30.2 Å². The third kappa shape index (κ3) is 3.20. The van der Waals surface area contributed by atoms with Crippen LogP contribution in [0.4, 0.5) is 0 Å². The molecule has 168 valence electrons. The largest absolute Gasteiger partial charge is 0.380 e. The normalized spacial score (nSPS) is 20.4. The zero-order valence-corrected chi connectivity index (χ0v) is 19.2. The first-order valence-corrected chi connectivity index (χ1v) is 12.9. The van der Waals surface area contributed by atoms with Crippen LogP contribution in [0.15, 0.2) is 65.1 Å². The first kappa shape index (κ1) is 20.5. The van der Waals surface area contributed by atoms with Gasteiger partial charge in [0.15, 0.2) is 0 Å². The maximum atomic E-state index is 13.6. The van der Waals surface area contributed by atoms with Gasteiger partial charge in [-0.1, -0.05) is 30.3 Å². The second-order valence-corrected chi connectivity index (χ2v) is 11.1. The summed E-state index contributed by atoms with van der Waals surface area (Å²) in [6.45, 7) is 1.48. The highest BCUT2D eigenvalue weighted by molar-refractivity contribution is 7.89. The molecule has 0 radical (unpaired) electrons. The van der Waals surface area contributed by atoms with Gasteiger partial charge in [-0.15, -0.1) is 11.3 Å². The summed E-state index contributed by atoms with van der Waals surface area (Å²) in [5.41, 5.74) is 4.03. The van der Waals surface area contributed by atoms with Crippen molar-refractivity contribution in [2.24, 2.45) is 0 Å². The van der Waals surface area contributed by atoms with E-state index in [4.69, 9.17) is 4.74 Å². The first-order valence-electron chi connectivity index (χ1n) is 10.6. The van der Waals surface area contributed by atoms with E-state index in [9.17, 15) is 13.2 Å². The Hall–Kier alpha value is -3.08. The molecule has 0 bridgehead atoms. The van der Waals surface area contributed by atoms with Crippen molar-refractivity contribution in [1.29, 1.82) is 0 Å². The average molecular weight is 481 g/mol. The number of hydrogen-bond acceptors (Lipinski definition) is 7. The number of rotatable bonds is 4. The summed E-state index contributed by atoms with van der Waals surface area (Å²) in [6.07, 6.45) is 2.15. The van der Waals surface area contributed by atoms with Crippen LogP contribution in [-0.2, 0) is 38.1 Å². The summed E-state index contributed by atoms with van der Waals surface area (Å²) < 4.78 is 33.8. The van der Waals surface area contributed by atoms with Crippen LogP contribution in [-0.4, -0.2) is 46.6 Å². The summed E-state index contributed by atoms with van der Waals surface area (Å²) in [5, 5.41) is 4.35. The van der Waals surface area contributed by atoms with Crippen LogP contribution >= 0.6 is 11.3 Å². The molecule has 2 aromatic carbocycles. The van der Waals surface area contributed by atoms with Crippen molar-refractivity contribution >= 4 is 37.5 Å². The second-order valence-electron chi connectivity index (χ2n) is 8.37. The van der Waals surface area contributed by atoms with Gasteiger partial charge in [-0.25, -0.2) is 4.98 Å². The summed E-state index contributed by atoms with van der Waals surface area (Å²) >= 11 is 1.39. The number of carbonyl (C=O) groups excluding carboxylic acids is 1. The Labute approximate surface area is 194 Å². The summed E-state index contributed by atoms with van der Waals surface area (Å²) in [5.74, 6) is -0.00532. The van der Waals surface area contributed by atoms with Gasteiger partial charge in [0.1, 0.15) is 0 Å². The minimum absolute atomic E-state index is 0.00532. The highest BCUT2D eigenvalue weighted by Crippen LogP contribution is 2.37. The van der Waals surface area contributed by atoms with Gasteiger partial charge >= 0.3 is 0 Å². The van der Waals surface area contributed by atoms with Gasteiger partial charge < -0.3 is 9.64 Å². The molecular weight excluding hydrogens is 460 g/mol. The first-order chi connectivity index (χ1) is 16.0. The molecule has 4 aromatic rings. The Kier molecular flexibility index (Phi) is 4.65. The van der Waals surface area contributed by atoms with Crippen LogP contribution in [0.3, 0.4) is 0 Å². The van der Waals surface area contributed by atoms with Crippen molar-refractivity contribution in [3.63, 3.8) is 0 Å². The van der Waals surface area contributed by atoms with Gasteiger partial charge in [0.05, 0.1) is 44.9 Å². The minimum atomic E-state index is -3.83. The fraction of sp³-hybridized carbons (Fsp3) is 0.261. The van der Waals surface area contributed by atoms with E-state index in [0.717, 1.165) is 25.4 Å². The Morgan fingerprint density at radius 2 is 1.97 bits per heavy atom. The smallest absolute Gasteiger partial charge is 0.283 e. The van der Waals surface area contributed by atoms with E-state index < -0.39 is 15.4 Å². The summed E-state index contributed by atoms with van der Waals surface area (Å²) in [6, 6.07) is 14.6. The molecule has 1 fully saturated rings. The number of fused-ring (bicyclic) bond motifs is 2. The van der Waals surface area contributed by atoms with Crippen LogP contribution in [0.5, 0.6) is 0 Å². The third-order valence-electron chi connectivity index (χ3n) is 6.45. The van der Waals surface area contributed by atoms with Crippen LogP contribution in [0.2, 0.25) is 0 Å². The molecule has 1 saturated heterocycles. The summed E-state index contributed by atoms with van der Waals surface area (Å²) in [7, 11) is -3.83. The standard InChI is InChI=1S/C23H20N4O4S2/c28-22(23(8-9-31-14-23)17-4-2-1-3-5-17)26-11-16-12-27(25-20(16)13-26)33(29,30)18-6-7-19-21(10-18)32-15-24-19/h1-7,10,12,15H,8-9,11,13-14H2/t23-/m1/s1. The molecule has 2 aliphatic rings. The predicted octanol–water partition coefficient (Wildman–Crippen LogP) is 2.93. The van der Waals surface area contributed by atoms with Crippen LogP contribution in [0, 0.1) is 0 Å². The molecule has 4 heterocycles. The van der Waals surface area contributed by atoms with Gasteiger partial charge in [0, 0.05) is 24.9 Å². The Balaban J connectivity index is 1.27. The van der Waals surface area contributed by atoms with Crippen molar-refractivity contribution in [3.05, 3.63) is 77.1 Å². The van der Waals surface area contributed by atoms with Crippen molar-refractivity contribution in [2.45, 2.75) is 29.8 Å². The molecule has 2 aliphatic heterocycles. The fourth-order valence-corrected chi connectivity index (χ4v) is 6.63. The van der Waals surface area contributed by atoms with Crippen LogP contribution < -0.4 is 0 Å². The van der Waals surface area contributed by atoms with Crippen LogP contribution in [0.25, 0.3) is 10.2 Å². The quantitative estimate of drug-likeness (QED) is 0.446. The van der Waals surface area contributed by atoms with E-state index in [1.165, 1.54) is 17.5 Å². The lowest BCUT2D eigenvalue weighted by molar-refractivity contribution is -0.138. The van der Waals surface area contributed by atoms with Crippen molar-refractivity contribution < 1.29 is 17.9 Å². The highest BCUT2D eigenvalue weighted by Gasteiger charge is 2.47. The molecule has 6 rings (SSSR count). The molecule has 0 unspecified atom stereocenters.